The van der Waals surface area contributed by atoms with Crippen LogP contribution in [0.3, 0.4) is 0 Å². The monoisotopic (exact) mass is 246 g/mol. The normalized spacial score (nSPS) is 10.4. The van der Waals surface area contributed by atoms with Crippen molar-refractivity contribution >= 4 is 5.97 Å². The summed E-state index contributed by atoms with van der Waals surface area (Å²) in [5, 5.41) is 12.9. The Labute approximate surface area is 105 Å². The highest BCUT2D eigenvalue weighted by Gasteiger charge is 2.14. The summed E-state index contributed by atoms with van der Waals surface area (Å²) in [5.41, 5.74) is 2.74. The zero-order valence-electron chi connectivity index (χ0n) is 10.5. The molecular formula is C13H14N2O3. The summed E-state index contributed by atoms with van der Waals surface area (Å²) in [6, 6.07) is 7.23. The Morgan fingerprint density at radius 2 is 2.11 bits per heavy atom. The number of hydrogen-bond donors (Lipinski definition) is 1. The number of nitrogens with zero attached hydrogens (tertiary/aromatic N) is 2. The van der Waals surface area contributed by atoms with Gasteiger partial charge in [-0.2, -0.15) is 5.10 Å². The van der Waals surface area contributed by atoms with Crippen LogP contribution in [0.2, 0.25) is 0 Å². The first-order chi connectivity index (χ1) is 8.52. The summed E-state index contributed by atoms with van der Waals surface area (Å²) in [6.07, 6.45) is 0. The maximum Gasteiger partial charge on any atom is 0.356 e. The maximum atomic E-state index is 10.9. The molecule has 2 rings (SSSR count). The third kappa shape index (κ3) is 2.07. The van der Waals surface area contributed by atoms with E-state index >= 15 is 0 Å². The van der Waals surface area contributed by atoms with Crippen LogP contribution in [0.25, 0.3) is 11.3 Å². The summed E-state index contributed by atoms with van der Waals surface area (Å²) in [6.45, 7) is 1.96. The lowest BCUT2D eigenvalue weighted by molar-refractivity contribution is 0.0689. The van der Waals surface area contributed by atoms with Crippen LogP contribution in [0.1, 0.15) is 16.1 Å². The number of methoxy groups -OCH3 is 1. The predicted octanol–water partition coefficient (Wildman–Crippen LogP) is 2.10. The van der Waals surface area contributed by atoms with E-state index in [-0.39, 0.29) is 5.69 Å². The van der Waals surface area contributed by atoms with Gasteiger partial charge in [0, 0.05) is 12.6 Å². The van der Waals surface area contributed by atoms with Crippen molar-refractivity contribution in [1.29, 1.82) is 0 Å². The van der Waals surface area contributed by atoms with E-state index in [1.165, 1.54) is 0 Å². The standard InChI is InChI=1S/C13H14N2O3/c1-8-4-5-9(18-3)6-10(8)12-7-11(13(16)17)14-15(12)2/h4-7H,1-3H3,(H,16,17). The topological polar surface area (TPSA) is 64.3 Å². The van der Waals surface area contributed by atoms with Crippen LogP contribution in [0, 0.1) is 6.92 Å². The number of ether oxygens (including phenoxy) is 1. The molecule has 0 fully saturated rings. The van der Waals surface area contributed by atoms with Gasteiger partial charge in [-0.05, 0) is 30.7 Å². The van der Waals surface area contributed by atoms with Crippen molar-refractivity contribution < 1.29 is 14.6 Å². The van der Waals surface area contributed by atoms with Crippen LogP contribution in [0.5, 0.6) is 5.75 Å². The molecule has 5 nitrogen and oxygen atoms in total. The van der Waals surface area contributed by atoms with E-state index in [0.717, 1.165) is 22.6 Å². The quantitative estimate of drug-likeness (QED) is 0.900. The third-order valence-electron chi connectivity index (χ3n) is 2.82. The first-order valence-electron chi connectivity index (χ1n) is 5.45. The Morgan fingerprint density at radius 1 is 1.39 bits per heavy atom. The number of rotatable bonds is 3. The number of carboxylic acid groups (broad SMARTS) is 1. The minimum atomic E-state index is -1.03. The SMILES string of the molecule is COc1ccc(C)c(-c2cc(C(=O)O)nn2C)c1. The molecule has 0 atom stereocenters. The Bertz CT molecular complexity index is 602. The molecule has 1 aromatic carbocycles. The van der Waals surface area contributed by atoms with E-state index < -0.39 is 5.97 Å². The zero-order chi connectivity index (χ0) is 13.3. The van der Waals surface area contributed by atoms with Crippen LogP contribution in [0.4, 0.5) is 0 Å². The second-order valence-corrected chi connectivity index (χ2v) is 4.02. The third-order valence-corrected chi connectivity index (χ3v) is 2.82. The fourth-order valence-electron chi connectivity index (χ4n) is 1.83. The first-order valence-corrected chi connectivity index (χ1v) is 5.45. The zero-order valence-corrected chi connectivity index (χ0v) is 10.5. The molecule has 5 heteroatoms. The van der Waals surface area contributed by atoms with E-state index in [1.54, 1.807) is 24.9 Å². The molecule has 0 unspecified atom stereocenters. The van der Waals surface area contributed by atoms with Crippen molar-refractivity contribution in [3.05, 3.63) is 35.5 Å². The first kappa shape index (κ1) is 12.2. The molecule has 1 N–H and O–H groups in total. The summed E-state index contributed by atoms with van der Waals surface area (Å²) in [5.74, 6) is -0.300. The van der Waals surface area contributed by atoms with Crippen LogP contribution in [-0.4, -0.2) is 28.0 Å². The van der Waals surface area contributed by atoms with Gasteiger partial charge in [-0.1, -0.05) is 6.07 Å². The summed E-state index contributed by atoms with van der Waals surface area (Å²) in [4.78, 5) is 10.9. The number of hydrogen-bond acceptors (Lipinski definition) is 3. The van der Waals surface area contributed by atoms with Crippen molar-refractivity contribution in [2.24, 2.45) is 7.05 Å². The van der Waals surface area contributed by atoms with Crippen LogP contribution < -0.4 is 4.74 Å². The molecule has 2 aromatic rings. The average molecular weight is 246 g/mol. The summed E-state index contributed by atoms with van der Waals surface area (Å²) < 4.78 is 6.74. The van der Waals surface area contributed by atoms with Gasteiger partial charge in [0.1, 0.15) is 5.75 Å². The summed E-state index contributed by atoms with van der Waals surface area (Å²) in [7, 11) is 3.32. The van der Waals surface area contributed by atoms with Crippen molar-refractivity contribution in [2.75, 3.05) is 7.11 Å². The molecule has 0 bridgehead atoms. The van der Waals surface area contributed by atoms with E-state index in [9.17, 15) is 4.79 Å². The second-order valence-electron chi connectivity index (χ2n) is 4.02. The number of benzene rings is 1. The van der Waals surface area contributed by atoms with Gasteiger partial charge in [0.05, 0.1) is 12.8 Å². The Balaban J connectivity index is 2.57. The molecule has 0 amide bonds. The second kappa shape index (κ2) is 4.52. The van der Waals surface area contributed by atoms with Crippen molar-refractivity contribution in [1.82, 2.24) is 9.78 Å². The molecule has 0 spiro atoms. The Hall–Kier alpha value is -2.30. The van der Waals surface area contributed by atoms with Gasteiger partial charge in [0.2, 0.25) is 0 Å². The molecule has 1 aromatic heterocycles. The van der Waals surface area contributed by atoms with Crippen LogP contribution in [0.15, 0.2) is 24.3 Å². The fourth-order valence-corrected chi connectivity index (χ4v) is 1.83. The summed E-state index contributed by atoms with van der Waals surface area (Å²) >= 11 is 0. The molecule has 0 aliphatic heterocycles. The highest BCUT2D eigenvalue weighted by molar-refractivity contribution is 5.87. The lowest BCUT2D eigenvalue weighted by atomic mass is 10.0. The Morgan fingerprint density at radius 3 is 2.67 bits per heavy atom. The molecule has 18 heavy (non-hydrogen) atoms. The molecule has 0 aliphatic rings. The average Bonchev–Trinajstić information content (AvgIpc) is 2.72. The number of carbonyl (C=O) groups is 1. The van der Waals surface area contributed by atoms with Gasteiger partial charge in [-0.15, -0.1) is 0 Å². The van der Waals surface area contributed by atoms with Gasteiger partial charge < -0.3 is 9.84 Å². The molecule has 0 saturated heterocycles. The minimum Gasteiger partial charge on any atom is -0.497 e. The largest absolute Gasteiger partial charge is 0.497 e. The molecule has 94 valence electrons. The number of aryl methyl sites for hydroxylation is 2. The van der Waals surface area contributed by atoms with E-state index in [1.807, 2.05) is 25.1 Å². The molecular weight excluding hydrogens is 232 g/mol. The van der Waals surface area contributed by atoms with Gasteiger partial charge in [0.15, 0.2) is 5.69 Å². The molecule has 0 radical (unpaired) electrons. The molecule has 1 heterocycles. The van der Waals surface area contributed by atoms with Gasteiger partial charge in [-0.25, -0.2) is 4.79 Å². The lowest BCUT2D eigenvalue weighted by Crippen LogP contribution is -1.99. The van der Waals surface area contributed by atoms with E-state index in [4.69, 9.17) is 9.84 Å². The smallest absolute Gasteiger partial charge is 0.356 e. The number of aromatic carboxylic acids is 1. The van der Waals surface area contributed by atoms with Gasteiger partial charge >= 0.3 is 5.97 Å². The van der Waals surface area contributed by atoms with Crippen molar-refractivity contribution in [3.8, 4) is 17.0 Å². The molecule has 0 saturated carbocycles. The minimum absolute atomic E-state index is 0.0368. The highest BCUT2D eigenvalue weighted by Crippen LogP contribution is 2.27. The predicted molar refractivity (Wildman–Crippen MR) is 66.9 cm³/mol. The highest BCUT2D eigenvalue weighted by atomic mass is 16.5. The number of carboxylic acids is 1. The molecule has 0 aliphatic carbocycles. The maximum absolute atomic E-state index is 10.9. The van der Waals surface area contributed by atoms with E-state index in [0.29, 0.717) is 0 Å². The lowest BCUT2D eigenvalue weighted by Gasteiger charge is -2.08. The van der Waals surface area contributed by atoms with Gasteiger partial charge in [-0.3, -0.25) is 4.68 Å². The fraction of sp³-hybridized carbons (Fsp3) is 0.231. The van der Waals surface area contributed by atoms with Gasteiger partial charge in [0.25, 0.3) is 0 Å². The van der Waals surface area contributed by atoms with E-state index in [2.05, 4.69) is 5.10 Å². The number of aromatic nitrogens is 2. The van der Waals surface area contributed by atoms with Crippen LogP contribution >= 0.6 is 0 Å². The van der Waals surface area contributed by atoms with Crippen LogP contribution in [-0.2, 0) is 7.05 Å². The Kier molecular flexibility index (Phi) is 3.06. The van der Waals surface area contributed by atoms with Crippen molar-refractivity contribution in [2.45, 2.75) is 6.92 Å². The van der Waals surface area contributed by atoms with Crippen molar-refractivity contribution in [3.63, 3.8) is 0 Å².